The van der Waals surface area contributed by atoms with Crippen LogP contribution in [0.3, 0.4) is 0 Å². The average Bonchev–Trinajstić information content (AvgIpc) is 3.51. The molecule has 0 fully saturated rings. The summed E-state index contributed by atoms with van der Waals surface area (Å²) in [4.78, 5) is 18.2. The second-order valence-electron chi connectivity index (χ2n) is 11.9. The first-order valence-corrected chi connectivity index (χ1v) is 18.7. The molecule has 2 heterocycles. The number of nitrogens with one attached hydrogen (secondary N) is 1. The standard InChI is InChI=1S/C38H54ClN5O10/c1-4-47-13-14-49-17-18-51-21-22-53-25-26-54-24-23-52-20-19-50-16-15-48-12-11-40-36(45)28-34-38-43-42-29(2)44(38)35-10-9-32(46-3)27-33(35)37(41-34)30-5-7-31(39)8-6-30/h5-10,27,34H,4,11-26,28H2,1-3H3,(H,40,45)/t34-/m0/s1. The van der Waals surface area contributed by atoms with Crippen LogP contribution in [0.5, 0.6) is 5.75 Å². The number of methoxy groups -OCH3 is 1. The Labute approximate surface area is 322 Å². The lowest BCUT2D eigenvalue weighted by molar-refractivity contribution is -0.121. The quantitative estimate of drug-likeness (QED) is 0.102. The van der Waals surface area contributed by atoms with E-state index in [0.717, 1.165) is 16.8 Å². The van der Waals surface area contributed by atoms with E-state index in [1.165, 1.54) is 0 Å². The molecule has 0 bridgehead atoms. The molecule has 15 nitrogen and oxygen atoms in total. The molecule has 2 aromatic carbocycles. The number of hydrogen-bond donors (Lipinski definition) is 1. The summed E-state index contributed by atoms with van der Waals surface area (Å²) in [7, 11) is 1.62. The molecule has 0 saturated heterocycles. The molecule has 3 aromatic rings. The van der Waals surface area contributed by atoms with Crippen molar-refractivity contribution in [3.05, 3.63) is 70.3 Å². The van der Waals surface area contributed by atoms with E-state index in [9.17, 15) is 4.79 Å². The molecule has 1 aliphatic rings. The number of carbonyl (C=O) groups excluding carboxylic acids is 1. The molecule has 1 amide bonds. The maximum absolute atomic E-state index is 13.1. The van der Waals surface area contributed by atoms with Gasteiger partial charge >= 0.3 is 0 Å². The van der Waals surface area contributed by atoms with Crippen LogP contribution in [0.2, 0.25) is 5.02 Å². The maximum atomic E-state index is 13.1. The first-order valence-electron chi connectivity index (χ1n) is 18.3. The number of fused-ring (bicyclic) bond motifs is 3. The summed E-state index contributed by atoms with van der Waals surface area (Å²) in [6.07, 6.45) is 0.0742. The van der Waals surface area contributed by atoms with Gasteiger partial charge in [0.15, 0.2) is 5.82 Å². The highest BCUT2D eigenvalue weighted by Gasteiger charge is 2.30. The van der Waals surface area contributed by atoms with Crippen molar-refractivity contribution in [1.82, 2.24) is 20.1 Å². The molecule has 0 unspecified atom stereocenters. The number of carbonyl (C=O) groups is 1. The van der Waals surface area contributed by atoms with Crippen LogP contribution >= 0.6 is 11.6 Å². The van der Waals surface area contributed by atoms with Crippen LogP contribution in [0.1, 0.15) is 42.2 Å². The zero-order chi connectivity index (χ0) is 38.2. The first kappa shape index (κ1) is 43.2. The lowest BCUT2D eigenvalue weighted by Crippen LogP contribution is -2.29. The van der Waals surface area contributed by atoms with Crippen molar-refractivity contribution in [1.29, 1.82) is 0 Å². The Bertz CT molecular complexity index is 1540. The Balaban J connectivity index is 1.04. The van der Waals surface area contributed by atoms with Gasteiger partial charge in [-0.25, -0.2) is 0 Å². The van der Waals surface area contributed by atoms with Gasteiger partial charge < -0.3 is 47.9 Å². The Hall–Kier alpha value is -3.51. The van der Waals surface area contributed by atoms with Gasteiger partial charge in [0, 0.05) is 29.3 Å². The van der Waals surface area contributed by atoms with E-state index >= 15 is 0 Å². The Morgan fingerprint density at radius 3 is 1.76 bits per heavy atom. The number of aromatic nitrogens is 3. The molecular weight excluding hydrogens is 722 g/mol. The van der Waals surface area contributed by atoms with Crippen LogP contribution in [-0.4, -0.2) is 146 Å². The lowest BCUT2D eigenvalue weighted by Gasteiger charge is -2.14. The summed E-state index contributed by atoms with van der Waals surface area (Å²) < 4.78 is 51.2. The predicted octanol–water partition coefficient (Wildman–Crippen LogP) is 3.79. The molecule has 0 aliphatic carbocycles. The van der Waals surface area contributed by atoms with Crippen LogP contribution in [-0.2, 0) is 42.7 Å². The smallest absolute Gasteiger partial charge is 0.222 e. The molecular formula is C38H54ClN5O10. The normalized spacial score (nSPS) is 13.6. The fourth-order valence-corrected chi connectivity index (χ4v) is 5.50. The van der Waals surface area contributed by atoms with Crippen LogP contribution in [0.25, 0.3) is 5.69 Å². The summed E-state index contributed by atoms with van der Waals surface area (Å²) in [5, 5.41) is 12.3. The number of nitrogens with zero attached hydrogens (tertiary/aromatic N) is 4. The predicted molar refractivity (Wildman–Crippen MR) is 202 cm³/mol. The molecule has 4 rings (SSSR count). The number of amides is 1. The van der Waals surface area contributed by atoms with E-state index in [1.54, 1.807) is 7.11 Å². The minimum absolute atomic E-state index is 0.0742. The third-order valence-electron chi connectivity index (χ3n) is 8.01. The van der Waals surface area contributed by atoms with E-state index in [1.807, 2.05) is 60.9 Å². The van der Waals surface area contributed by atoms with Gasteiger partial charge in [0.05, 0.1) is 124 Å². The van der Waals surface area contributed by atoms with Crippen molar-refractivity contribution in [3.63, 3.8) is 0 Å². The SMILES string of the molecule is CCOCCOCCOCCOCCOCCOCCOCCOCCNC(=O)C[C@@H]1N=C(c2ccc(Cl)cc2)c2cc(OC)ccc2-n2c(C)nnc21. The van der Waals surface area contributed by atoms with Gasteiger partial charge in [-0.3, -0.25) is 14.4 Å². The zero-order valence-corrected chi connectivity index (χ0v) is 32.4. The molecule has 16 heteroatoms. The fraction of sp³-hybridized carbons (Fsp3) is 0.579. The summed E-state index contributed by atoms with van der Waals surface area (Å²) >= 11 is 6.20. The molecule has 0 spiro atoms. The highest BCUT2D eigenvalue weighted by molar-refractivity contribution is 6.30. The second-order valence-corrected chi connectivity index (χ2v) is 12.3. The van der Waals surface area contributed by atoms with Gasteiger partial charge in [0.25, 0.3) is 0 Å². The van der Waals surface area contributed by atoms with E-state index in [0.29, 0.717) is 140 Å². The van der Waals surface area contributed by atoms with E-state index < -0.39 is 6.04 Å². The average molecular weight is 776 g/mol. The van der Waals surface area contributed by atoms with Crippen LogP contribution in [0, 0.1) is 6.92 Å². The van der Waals surface area contributed by atoms with Gasteiger partial charge in [0.1, 0.15) is 17.6 Å². The van der Waals surface area contributed by atoms with Gasteiger partial charge in [-0.1, -0.05) is 23.7 Å². The minimum atomic E-state index is -0.587. The van der Waals surface area contributed by atoms with Crippen molar-refractivity contribution >= 4 is 23.2 Å². The largest absolute Gasteiger partial charge is 0.497 e. The maximum Gasteiger partial charge on any atom is 0.222 e. The molecule has 1 aromatic heterocycles. The highest BCUT2D eigenvalue weighted by Crippen LogP contribution is 2.34. The summed E-state index contributed by atoms with van der Waals surface area (Å²) in [6.45, 7) is 12.2. The Morgan fingerprint density at radius 1 is 0.722 bits per heavy atom. The van der Waals surface area contributed by atoms with Crippen LogP contribution in [0.4, 0.5) is 0 Å². The van der Waals surface area contributed by atoms with Gasteiger partial charge in [0.2, 0.25) is 5.91 Å². The van der Waals surface area contributed by atoms with Crippen molar-refractivity contribution in [3.8, 4) is 11.4 Å². The number of rotatable bonds is 29. The minimum Gasteiger partial charge on any atom is -0.497 e. The van der Waals surface area contributed by atoms with Crippen LogP contribution < -0.4 is 10.1 Å². The summed E-state index contributed by atoms with van der Waals surface area (Å²) in [5.41, 5.74) is 3.25. The summed E-state index contributed by atoms with van der Waals surface area (Å²) in [6, 6.07) is 12.6. The molecule has 1 aliphatic heterocycles. The van der Waals surface area contributed by atoms with Gasteiger partial charge in [-0.05, 0) is 44.2 Å². The zero-order valence-electron chi connectivity index (χ0n) is 31.6. The third-order valence-corrected chi connectivity index (χ3v) is 8.26. The molecule has 1 N–H and O–H groups in total. The van der Waals surface area contributed by atoms with Gasteiger partial charge in [-0.15, -0.1) is 10.2 Å². The Morgan fingerprint density at radius 2 is 1.24 bits per heavy atom. The monoisotopic (exact) mass is 775 g/mol. The molecule has 54 heavy (non-hydrogen) atoms. The number of benzene rings is 2. The van der Waals surface area contributed by atoms with E-state index in [-0.39, 0.29) is 12.3 Å². The molecule has 0 saturated carbocycles. The fourth-order valence-electron chi connectivity index (χ4n) is 5.37. The lowest BCUT2D eigenvalue weighted by atomic mass is 10.00. The highest BCUT2D eigenvalue weighted by atomic mass is 35.5. The number of aliphatic imine (C=N–C) groups is 1. The molecule has 298 valence electrons. The molecule has 1 atom stereocenters. The van der Waals surface area contributed by atoms with Crippen LogP contribution in [0.15, 0.2) is 47.5 Å². The molecule has 0 radical (unpaired) electrons. The first-order chi connectivity index (χ1) is 26.5. The van der Waals surface area contributed by atoms with Crippen molar-refractivity contribution < 1.29 is 47.4 Å². The van der Waals surface area contributed by atoms with E-state index in [4.69, 9.17) is 59.2 Å². The van der Waals surface area contributed by atoms with Crippen molar-refractivity contribution in [2.45, 2.75) is 26.3 Å². The third kappa shape index (κ3) is 15.0. The van der Waals surface area contributed by atoms with Crippen molar-refractivity contribution in [2.24, 2.45) is 4.99 Å². The number of halogens is 1. The topological polar surface area (TPSA) is 155 Å². The van der Waals surface area contributed by atoms with Crippen molar-refractivity contribution in [2.75, 3.05) is 119 Å². The summed E-state index contributed by atoms with van der Waals surface area (Å²) in [5.74, 6) is 1.77. The van der Waals surface area contributed by atoms with E-state index in [2.05, 4.69) is 15.5 Å². The van der Waals surface area contributed by atoms with Gasteiger partial charge in [-0.2, -0.15) is 0 Å². The second kappa shape index (κ2) is 25.5. The number of hydrogen-bond acceptors (Lipinski definition) is 13. The number of ether oxygens (including phenoxy) is 9. The number of aryl methyl sites for hydroxylation is 1. The Kier molecular flexibility index (Phi) is 20.4.